The molecule has 2 aromatic carbocycles. The van der Waals surface area contributed by atoms with Gasteiger partial charge in [0.15, 0.2) is 4.80 Å². The smallest absolute Gasteiger partial charge is 0.338 e. The molecule has 0 fully saturated rings. The molecule has 1 aliphatic heterocycles. The van der Waals surface area contributed by atoms with Crippen molar-refractivity contribution in [1.29, 1.82) is 0 Å². The molecule has 2 aromatic heterocycles. The van der Waals surface area contributed by atoms with E-state index in [0.717, 1.165) is 16.0 Å². The first-order chi connectivity index (χ1) is 17.2. The third-order valence-electron chi connectivity index (χ3n) is 5.52. The second-order valence-electron chi connectivity index (χ2n) is 7.74. The van der Waals surface area contributed by atoms with Crippen LogP contribution in [0.5, 0.6) is 0 Å². The highest BCUT2D eigenvalue weighted by Gasteiger charge is 2.35. The molecule has 0 aliphatic carbocycles. The lowest BCUT2D eigenvalue weighted by atomic mass is 9.97. The van der Waals surface area contributed by atoms with E-state index in [2.05, 4.69) is 0 Å². The topological polar surface area (TPSA) is 60.7 Å². The minimum absolute atomic E-state index is 0.182. The Morgan fingerprint density at radius 3 is 2.49 bits per heavy atom. The van der Waals surface area contributed by atoms with E-state index < -0.39 is 12.0 Å². The molecule has 0 spiro atoms. The van der Waals surface area contributed by atoms with Gasteiger partial charge in [0, 0.05) is 10.4 Å². The van der Waals surface area contributed by atoms with Gasteiger partial charge in [0.1, 0.15) is 6.04 Å². The van der Waals surface area contributed by atoms with Crippen molar-refractivity contribution in [2.24, 2.45) is 4.99 Å². The third kappa shape index (κ3) is 4.60. The van der Waals surface area contributed by atoms with Gasteiger partial charge in [0.05, 0.1) is 22.4 Å². The van der Waals surface area contributed by atoms with Gasteiger partial charge in [-0.3, -0.25) is 9.36 Å². The second kappa shape index (κ2) is 10.2. The Morgan fingerprint density at radius 2 is 1.80 bits per heavy atom. The highest BCUT2D eigenvalue weighted by atomic mass is 32.1. The number of hydrogen-bond acceptors (Lipinski definition) is 6. The molecule has 3 heterocycles. The van der Waals surface area contributed by atoms with E-state index in [0.29, 0.717) is 20.6 Å². The summed E-state index contributed by atoms with van der Waals surface area (Å²) in [6.07, 6.45) is 5.62. The van der Waals surface area contributed by atoms with Crippen molar-refractivity contribution in [3.05, 3.63) is 126 Å². The number of benzene rings is 2. The minimum atomic E-state index is -0.610. The van der Waals surface area contributed by atoms with Crippen LogP contribution in [0.3, 0.4) is 0 Å². The summed E-state index contributed by atoms with van der Waals surface area (Å²) < 4.78 is 7.63. The maximum Gasteiger partial charge on any atom is 0.338 e. The fourth-order valence-corrected chi connectivity index (χ4v) is 5.76. The van der Waals surface area contributed by atoms with Crippen molar-refractivity contribution in [1.82, 2.24) is 4.57 Å². The van der Waals surface area contributed by atoms with Crippen molar-refractivity contribution in [2.75, 3.05) is 6.61 Å². The predicted octanol–water partition coefficient (Wildman–Crippen LogP) is 4.66. The first-order valence-corrected chi connectivity index (χ1v) is 12.9. The van der Waals surface area contributed by atoms with E-state index >= 15 is 0 Å². The highest BCUT2D eigenvalue weighted by Crippen LogP contribution is 2.36. The monoisotopic (exact) mass is 498 g/mol. The van der Waals surface area contributed by atoms with Gasteiger partial charge in [0.25, 0.3) is 5.56 Å². The van der Waals surface area contributed by atoms with Gasteiger partial charge < -0.3 is 4.74 Å². The van der Waals surface area contributed by atoms with Crippen LogP contribution >= 0.6 is 22.7 Å². The molecule has 1 atom stereocenters. The molecule has 5 nitrogen and oxygen atoms in total. The number of aromatic nitrogens is 1. The van der Waals surface area contributed by atoms with Gasteiger partial charge in [-0.1, -0.05) is 90.2 Å². The van der Waals surface area contributed by atoms with E-state index in [-0.39, 0.29) is 12.2 Å². The maximum absolute atomic E-state index is 13.6. The number of allylic oxidation sites excluding steroid dienone is 1. The molecule has 4 aromatic rings. The average Bonchev–Trinajstić information content (AvgIpc) is 3.53. The van der Waals surface area contributed by atoms with Crippen molar-refractivity contribution < 1.29 is 9.53 Å². The SMILES string of the molecule is CCOC(=O)C1=C(c2ccccc2)N=c2s/c(=C/C=C/c3ccccc3)c(=O)n2[C@H]1c1cccs1. The first kappa shape index (κ1) is 23.0. The molecule has 0 radical (unpaired) electrons. The lowest BCUT2D eigenvalue weighted by molar-refractivity contribution is -0.138. The lowest BCUT2D eigenvalue weighted by Crippen LogP contribution is -2.39. The van der Waals surface area contributed by atoms with E-state index in [1.807, 2.05) is 90.3 Å². The van der Waals surface area contributed by atoms with Crippen LogP contribution in [-0.2, 0) is 9.53 Å². The quantitative estimate of drug-likeness (QED) is 0.363. The summed E-state index contributed by atoms with van der Waals surface area (Å²) in [5.41, 5.74) is 2.58. The number of esters is 1. The van der Waals surface area contributed by atoms with Crippen LogP contribution in [-0.4, -0.2) is 17.1 Å². The fraction of sp³-hybridized carbons (Fsp3) is 0.107. The number of thiophene rings is 1. The zero-order valence-corrected chi connectivity index (χ0v) is 20.6. The van der Waals surface area contributed by atoms with Crippen molar-refractivity contribution >= 4 is 46.5 Å². The molecular weight excluding hydrogens is 476 g/mol. The normalized spacial score (nSPS) is 15.8. The molecular formula is C28H22N2O3S2. The van der Waals surface area contributed by atoms with Crippen LogP contribution in [0.2, 0.25) is 0 Å². The molecule has 1 aliphatic rings. The number of carbonyl (C=O) groups is 1. The Labute approximate surface area is 210 Å². The number of carbonyl (C=O) groups excluding carboxylic acids is 1. The van der Waals surface area contributed by atoms with Gasteiger partial charge in [-0.15, -0.1) is 11.3 Å². The molecule has 0 saturated carbocycles. The van der Waals surface area contributed by atoms with E-state index in [1.165, 1.54) is 22.7 Å². The number of fused-ring (bicyclic) bond motifs is 1. The summed E-state index contributed by atoms with van der Waals surface area (Å²) in [5, 5.41) is 1.94. The van der Waals surface area contributed by atoms with Gasteiger partial charge in [0.2, 0.25) is 0 Å². The standard InChI is InChI=1S/C28H22N2O3S2/c1-2-33-27(32)23-24(20-14-7-4-8-15-20)29-28-30(25(23)21-17-10-18-34-21)26(31)22(35-28)16-9-13-19-11-5-3-6-12-19/h3-18,25H,2H2,1H3/b13-9+,22-16+/t25-/m0/s1. The van der Waals surface area contributed by atoms with Crippen LogP contribution in [0.15, 0.2) is 99.6 Å². The molecule has 35 heavy (non-hydrogen) atoms. The molecule has 0 unspecified atom stereocenters. The first-order valence-electron chi connectivity index (χ1n) is 11.2. The number of hydrogen-bond donors (Lipinski definition) is 0. The number of rotatable bonds is 6. The van der Waals surface area contributed by atoms with Gasteiger partial charge in [-0.05, 0) is 30.0 Å². The zero-order valence-electron chi connectivity index (χ0n) is 19.0. The maximum atomic E-state index is 13.6. The van der Waals surface area contributed by atoms with Crippen LogP contribution in [0, 0.1) is 0 Å². The summed E-state index contributed by atoms with van der Waals surface area (Å²) in [4.78, 5) is 33.1. The lowest BCUT2D eigenvalue weighted by Gasteiger charge is -2.24. The second-order valence-corrected chi connectivity index (χ2v) is 9.73. The molecule has 0 bridgehead atoms. The summed E-state index contributed by atoms with van der Waals surface area (Å²) in [7, 11) is 0. The Hall–Kier alpha value is -3.81. The minimum Gasteiger partial charge on any atom is -0.463 e. The summed E-state index contributed by atoms with van der Waals surface area (Å²) >= 11 is 2.82. The van der Waals surface area contributed by atoms with Crippen LogP contribution in [0.1, 0.15) is 29.0 Å². The molecule has 0 amide bonds. The number of nitrogens with zero attached hydrogens (tertiary/aromatic N) is 2. The Kier molecular flexibility index (Phi) is 6.70. The van der Waals surface area contributed by atoms with Crippen LogP contribution in [0.4, 0.5) is 0 Å². The van der Waals surface area contributed by atoms with Gasteiger partial charge in [-0.2, -0.15) is 0 Å². The molecule has 0 N–H and O–H groups in total. The third-order valence-corrected chi connectivity index (χ3v) is 7.45. The van der Waals surface area contributed by atoms with E-state index in [9.17, 15) is 9.59 Å². The predicted molar refractivity (Wildman–Crippen MR) is 142 cm³/mol. The Morgan fingerprint density at radius 1 is 1.06 bits per heavy atom. The van der Waals surface area contributed by atoms with E-state index in [1.54, 1.807) is 17.6 Å². The summed E-state index contributed by atoms with van der Waals surface area (Å²) in [5.74, 6) is -0.466. The Bertz CT molecular complexity index is 1580. The zero-order chi connectivity index (χ0) is 24.2. The molecule has 0 saturated heterocycles. The average molecular weight is 499 g/mol. The molecule has 174 valence electrons. The van der Waals surface area contributed by atoms with Crippen molar-refractivity contribution in [3.63, 3.8) is 0 Å². The van der Waals surface area contributed by atoms with Gasteiger partial charge in [-0.25, -0.2) is 9.79 Å². The van der Waals surface area contributed by atoms with Crippen molar-refractivity contribution in [2.45, 2.75) is 13.0 Å². The fourth-order valence-electron chi connectivity index (χ4n) is 3.98. The Balaban J connectivity index is 1.73. The largest absolute Gasteiger partial charge is 0.463 e. The summed E-state index contributed by atoms with van der Waals surface area (Å²) in [6, 6.07) is 22.7. The van der Waals surface area contributed by atoms with Crippen LogP contribution < -0.4 is 14.9 Å². The van der Waals surface area contributed by atoms with Crippen LogP contribution in [0.25, 0.3) is 17.8 Å². The number of ether oxygens (including phenoxy) is 1. The highest BCUT2D eigenvalue weighted by molar-refractivity contribution is 7.10. The summed E-state index contributed by atoms with van der Waals surface area (Å²) in [6.45, 7) is 2.01. The molecule has 7 heteroatoms. The van der Waals surface area contributed by atoms with E-state index in [4.69, 9.17) is 9.73 Å². The van der Waals surface area contributed by atoms with Crippen molar-refractivity contribution in [3.8, 4) is 0 Å². The molecule has 5 rings (SSSR count). The number of thiazole rings is 1. The van der Waals surface area contributed by atoms with Gasteiger partial charge >= 0.3 is 5.97 Å².